The average molecular weight is 613 g/mol. The molecule has 6 rings (SSSR count). The van der Waals surface area contributed by atoms with E-state index in [9.17, 15) is 32.2 Å². The third kappa shape index (κ3) is 4.86. The van der Waals surface area contributed by atoms with Crippen LogP contribution in [0.25, 0.3) is 10.9 Å². The largest absolute Gasteiger partial charge is 0.386 e. The van der Waals surface area contributed by atoms with Crippen molar-refractivity contribution in [3.63, 3.8) is 0 Å². The van der Waals surface area contributed by atoms with Crippen LogP contribution in [0.5, 0.6) is 0 Å². The fourth-order valence-corrected chi connectivity index (χ4v) is 8.93. The number of pyridine rings is 1. The number of hydrogen-bond donors (Lipinski definition) is 3. The topological polar surface area (TPSA) is 117 Å². The van der Waals surface area contributed by atoms with E-state index in [2.05, 4.69) is 10.3 Å². The number of sulfone groups is 1. The van der Waals surface area contributed by atoms with Gasteiger partial charge in [-0.2, -0.15) is 0 Å². The van der Waals surface area contributed by atoms with Gasteiger partial charge < -0.3 is 15.5 Å². The Morgan fingerprint density at radius 3 is 2.40 bits per heavy atom. The van der Waals surface area contributed by atoms with Gasteiger partial charge in [0.25, 0.3) is 5.91 Å². The molecule has 1 heterocycles. The molecule has 1 amide bonds. The molecule has 0 saturated heterocycles. The number of aliphatic hydroxyl groups is 2. The van der Waals surface area contributed by atoms with Gasteiger partial charge in [-0.25, -0.2) is 22.2 Å². The Morgan fingerprint density at radius 1 is 0.976 bits per heavy atom. The molecule has 2 aliphatic carbocycles. The standard InChI is InChI=1S/C31H27ClF2N2O5S/c32-23-10-5-18(30(38)35-21-9-11-24(33)25(34)16-21)13-28(23)42(40,41)22-14-19-7-8-20(15-22)31(19,39)29(37)27-12-6-17-3-1-2-4-26(17)36-27/h1-6,9-13,16,19-20,22,29,37,39H,7-8,14-15H2,(H,35,38)/t19-,20+,22-,29?,31-. The molecule has 42 heavy (non-hydrogen) atoms. The lowest BCUT2D eigenvalue weighted by Crippen LogP contribution is -2.52. The number of para-hydroxylation sites is 1. The van der Waals surface area contributed by atoms with Crippen LogP contribution >= 0.6 is 11.6 Å². The van der Waals surface area contributed by atoms with Crippen molar-refractivity contribution in [2.24, 2.45) is 11.8 Å². The lowest BCUT2D eigenvalue weighted by atomic mass is 9.70. The summed E-state index contributed by atoms with van der Waals surface area (Å²) < 4.78 is 54.6. The van der Waals surface area contributed by atoms with Crippen LogP contribution in [0.15, 0.2) is 77.7 Å². The average Bonchev–Trinajstić information content (AvgIpc) is 3.13. The molecule has 2 aliphatic rings. The second kappa shape index (κ2) is 10.7. The van der Waals surface area contributed by atoms with Gasteiger partial charge >= 0.3 is 0 Å². The summed E-state index contributed by atoms with van der Waals surface area (Å²) in [7, 11) is -4.06. The van der Waals surface area contributed by atoms with E-state index in [1.807, 2.05) is 30.3 Å². The number of fused-ring (bicyclic) bond motifs is 3. The molecule has 0 aliphatic heterocycles. The maximum Gasteiger partial charge on any atom is 0.255 e. The minimum atomic E-state index is -4.06. The molecule has 1 unspecified atom stereocenters. The summed E-state index contributed by atoms with van der Waals surface area (Å²) in [6.45, 7) is 0. The zero-order valence-corrected chi connectivity index (χ0v) is 23.7. The number of hydrogen-bond acceptors (Lipinski definition) is 6. The van der Waals surface area contributed by atoms with Crippen LogP contribution in [0.1, 0.15) is 47.8 Å². The van der Waals surface area contributed by atoms with E-state index in [1.54, 1.807) is 6.07 Å². The number of nitrogens with one attached hydrogen (secondary N) is 1. The number of benzene rings is 3. The predicted octanol–water partition coefficient (Wildman–Crippen LogP) is 5.85. The van der Waals surface area contributed by atoms with Crippen LogP contribution in [-0.2, 0) is 9.84 Å². The molecule has 5 atom stereocenters. The van der Waals surface area contributed by atoms with Crippen molar-refractivity contribution in [1.29, 1.82) is 0 Å². The number of aromatic nitrogens is 1. The second-order valence-corrected chi connectivity index (χ2v) is 13.7. The van der Waals surface area contributed by atoms with Crippen LogP contribution in [0, 0.1) is 23.5 Å². The van der Waals surface area contributed by atoms with Crippen LogP contribution in [-0.4, -0.2) is 40.4 Å². The summed E-state index contributed by atoms with van der Waals surface area (Å²) in [5, 5.41) is 25.6. The fourth-order valence-electron chi connectivity index (χ4n) is 6.53. The third-order valence-electron chi connectivity index (χ3n) is 8.72. The normalized spacial score (nSPS) is 24.5. The van der Waals surface area contributed by atoms with E-state index >= 15 is 0 Å². The quantitative estimate of drug-likeness (QED) is 0.252. The number of nitrogens with zero attached hydrogens (tertiary/aromatic N) is 1. The molecule has 11 heteroatoms. The van der Waals surface area contributed by atoms with Gasteiger partial charge in [0.15, 0.2) is 21.5 Å². The maximum atomic E-state index is 13.9. The molecular weight excluding hydrogens is 586 g/mol. The number of rotatable bonds is 6. The van der Waals surface area contributed by atoms with Crippen molar-refractivity contribution in [3.05, 3.63) is 101 Å². The summed E-state index contributed by atoms with van der Waals surface area (Å²) in [6, 6.07) is 17.7. The van der Waals surface area contributed by atoms with Gasteiger partial charge in [-0.1, -0.05) is 35.9 Å². The van der Waals surface area contributed by atoms with Gasteiger partial charge in [0.1, 0.15) is 11.7 Å². The Balaban J connectivity index is 1.24. The lowest BCUT2D eigenvalue weighted by Gasteiger charge is -2.45. The van der Waals surface area contributed by atoms with Crippen LogP contribution in [0.3, 0.4) is 0 Å². The lowest BCUT2D eigenvalue weighted by molar-refractivity contribution is -0.145. The fraction of sp³-hybridized carbons (Fsp3) is 0.290. The maximum absolute atomic E-state index is 13.9. The minimum absolute atomic E-state index is 0.000796. The molecule has 0 spiro atoms. The van der Waals surface area contributed by atoms with Gasteiger partial charge in [0.2, 0.25) is 0 Å². The summed E-state index contributed by atoms with van der Waals surface area (Å²) in [5.74, 6) is -3.93. The zero-order valence-electron chi connectivity index (χ0n) is 22.2. The summed E-state index contributed by atoms with van der Waals surface area (Å²) in [4.78, 5) is 17.2. The molecule has 2 saturated carbocycles. The summed E-state index contributed by atoms with van der Waals surface area (Å²) in [6.07, 6.45) is -0.0108. The van der Waals surface area contributed by atoms with Crippen molar-refractivity contribution in [3.8, 4) is 0 Å². The third-order valence-corrected chi connectivity index (χ3v) is 11.4. The smallest absolute Gasteiger partial charge is 0.255 e. The van der Waals surface area contributed by atoms with Crippen molar-refractivity contribution < 1.29 is 32.2 Å². The Morgan fingerprint density at radius 2 is 1.69 bits per heavy atom. The van der Waals surface area contributed by atoms with Crippen LogP contribution < -0.4 is 5.32 Å². The highest BCUT2D eigenvalue weighted by molar-refractivity contribution is 7.92. The van der Waals surface area contributed by atoms with Crippen molar-refractivity contribution in [2.45, 2.75) is 47.5 Å². The van der Waals surface area contributed by atoms with Gasteiger partial charge in [-0.3, -0.25) is 4.79 Å². The second-order valence-electron chi connectivity index (χ2n) is 11.1. The predicted molar refractivity (Wildman–Crippen MR) is 154 cm³/mol. The highest BCUT2D eigenvalue weighted by Gasteiger charge is 2.59. The van der Waals surface area contributed by atoms with Gasteiger partial charge in [-0.15, -0.1) is 0 Å². The number of anilines is 1. The number of carbonyl (C=O) groups excluding carboxylic acids is 1. The number of halogens is 3. The minimum Gasteiger partial charge on any atom is -0.386 e. The molecule has 3 N–H and O–H groups in total. The molecule has 4 aromatic rings. The van der Waals surface area contributed by atoms with E-state index in [-0.39, 0.29) is 34.0 Å². The first kappa shape index (κ1) is 28.7. The zero-order chi connectivity index (χ0) is 29.8. The van der Waals surface area contributed by atoms with Gasteiger partial charge in [0.05, 0.1) is 26.4 Å². The monoisotopic (exact) mass is 612 g/mol. The Labute approximate surface area is 246 Å². The molecule has 7 nitrogen and oxygen atoms in total. The van der Waals surface area contributed by atoms with E-state index in [1.165, 1.54) is 24.3 Å². The van der Waals surface area contributed by atoms with E-state index in [0.717, 1.165) is 17.5 Å². The molecule has 2 bridgehead atoms. The van der Waals surface area contributed by atoms with Gasteiger partial charge in [-0.05, 0) is 80.0 Å². The summed E-state index contributed by atoms with van der Waals surface area (Å²) in [5.41, 5.74) is -0.560. The first-order valence-electron chi connectivity index (χ1n) is 13.5. The van der Waals surface area contributed by atoms with Crippen LogP contribution in [0.4, 0.5) is 14.5 Å². The van der Waals surface area contributed by atoms with Crippen molar-refractivity contribution >= 4 is 43.9 Å². The SMILES string of the molecule is O=C(Nc1ccc(F)c(F)c1)c1ccc(Cl)c(S(=O)(=O)[C@@H]2C[C@H]3CC[C@@H](C2)[C@@]3(O)C(O)c2ccc3ccccc3n2)c1. The molecule has 3 aromatic carbocycles. The van der Waals surface area contributed by atoms with E-state index in [4.69, 9.17) is 11.6 Å². The Kier molecular flexibility index (Phi) is 7.29. The highest BCUT2D eigenvalue weighted by Crippen LogP contribution is 2.56. The first-order valence-corrected chi connectivity index (χ1v) is 15.5. The first-order chi connectivity index (χ1) is 20.0. The molecular formula is C31H27ClF2N2O5S. The van der Waals surface area contributed by atoms with E-state index in [0.29, 0.717) is 24.1 Å². The van der Waals surface area contributed by atoms with Crippen molar-refractivity contribution in [2.75, 3.05) is 5.32 Å². The number of amides is 1. The van der Waals surface area contributed by atoms with Crippen molar-refractivity contribution in [1.82, 2.24) is 4.98 Å². The van der Waals surface area contributed by atoms with Crippen LogP contribution in [0.2, 0.25) is 5.02 Å². The molecule has 0 radical (unpaired) electrons. The molecule has 218 valence electrons. The van der Waals surface area contributed by atoms with Gasteiger partial charge in [0, 0.05) is 22.7 Å². The summed E-state index contributed by atoms with van der Waals surface area (Å²) >= 11 is 6.33. The number of carbonyl (C=O) groups is 1. The highest BCUT2D eigenvalue weighted by atomic mass is 35.5. The number of aliphatic hydroxyl groups excluding tert-OH is 1. The molecule has 1 aromatic heterocycles. The Hall–Kier alpha value is -3.44. The Bertz CT molecular complexity index is 1800. The van der Waals surface area contributed by atoms with E-state index < -0.39 is 56.2 Å². The molecule has 2 fully saturated rings.